The number of hydrogen-bond acceptors (Lipinski definition) is 4. The van der Waals surface area contributed by atoms with Crippen LogP contribution < -0.4 is 0 Å². The number of carbonyl (C=O) groups is 2. The molecule has 0 aliphatic carbocycles. The topological polar surface area (TPSA) is 52.6 Å². The van der Waals surface area contributed by atoms with Crippen molar-refractivity contribution in [2.24, 2.45) is 11.3 Å². The van der Waals surface area contributed by atoms with Crippen LogP contribution in [0.5, 0.6) is 0 Å². The van der Waals surface area contributed by atoms with E-state index >= 15 is 0 Å². The summed E-state index contributed by atoms with van der Waals surface area (Å²) in [7, 11) is 0. The molecule has 4 nitrogen and oxygen atoms in total. The highest BCUT2D eigenvalue weighted by atomic mass is 16.6. The van der Waals surface area contributed by atoms with Gasteiger partial charge in [-0.3, -0.25) is 9.59 Å². The van der Waals surface area contributed by atoms with Crippen molar-refractivity contribution in [3.8, 4) is 0 Å². The molecule has 4 heteroatoms. The lowest BCUT2D eigenvalue weighted by molar-refractivity contribution is -0.162. The fourth-order valence-electron chi connectivity index (χ4n) is 1.75. The van der Waals surface area contributed by atoms with Crippen LogP contribution in [0.4, 0.5) is 0 Å². The Bertz CT molecular complexity index is 256. The summed E-state index contributed by atoms with van der Waals surface area (Å²) in [5.74, 6) is -0.456. The van der Waals surface area contributed by atoms with Gasteiger partial charge in [-0.15, -0.1) is 0 Å². The molecule has 0 heterocycles. The van der Waals surface area contributed by atoms with Crippen LogP contribution in [0.2, 0.25) is 0 Å². The zero-order valence-corrected chi connectivity index (χ0v) is 11.0. The highest BCUT2D eigenvalue weighted by molar-refractivity contribution is 5.66. The van der Waals surface area contributed by atoms with Crippen LogP contribution >= 0.6 is 0 Å². The van der Waals surface area contributed by atoms with E-state index in [0.717, 1.165) is 0 Å². The minimum atomic E-state index is -0.383. The lowest BCUT2D eigenvalue weighted by atomic mass is 9.81. The first-order chi connectivity index (χ1) is 7.16. The lowest BCUT2D eigenvalue weighted by Crippen LogP contribution is -2.41. The van der Waals surface area contributed by atoms with Gasteiger partial charge in [0.05, 0.1) is 6.61 Å². The van der Waals surface area contributed by atoms with E-state index in [1.165, 1.54) is 13.8 Å². The summed E-state index contributed by atoms with van der Waals surface area (Å²) in [5.41, 5.74) is -0.383. The molecule has 0 amide bonds. The van der Waals surface area contributed by atoms with Gasteiger partial charge in [0.2, 0.25) is 0 Å². The van der Waals surface area contributed by atoms with Gasteiger partial charge >= 0.3 is 11.9 Å². The fraction of sp³-hybridized carbons (Fsp3) is 0.833. The second kappa shape index (κ2) is 5.87. The summed E-state index contributed by atoms with van der Waals surface area (Å²) in [6.45, 7) is 10.8. The maximum absolute atomic E-state index is 11.0. The summed E-state index contributed by atoms with van der Waals surface area (Å²) in [6, 6.07) is 0. The molecule has 0 aromatic rings. The molecule has 0 saturated carbocycles. The average Bonchev–Trinajstić information content (AvgIpc) is 2.10. The molecule has 0 saturated heterocycles. The molecule has 0 aromatic carbocycles. The van der Waals surface area contributed by atoms with Gasteiger partial charge in [-0.1, -0.05) is 27.7 Å². The normalized spacial score (nSPS) is 13.4. The highest BCUT2D eigenvalue weighted by Gasteiger charge is 2.35. The van der Waals surface area contributed by atoms with Crippen molar-refractivity contribution in [2.75, 3.05) is 6.61 Å². The Labute approximate surface area is 97.3 Å². The zero-order chi connectivity index (χ0) is 12.9. The summed E-state index contributed by atoms with van der Waals surface area (Å²) >= 11 is 0. The van der Waals surface area contributed by atoms with Gasteiger partial charge in [0.15, 0.2) is 0 Å². The van der Waals surface area contributed by atoms with Gasteiger partial charge in [0.25, 0.3) is 0 Å². The van der Waals surface area contributed by atoms with Crippen LogP contribution in [-0.2, 0) is 19.1 Å². The highest BCUT2D eigenvalue weighted by Crippen LogP contribution is 2.29. The van der Waals surface area contributed by atoms with Crippen molar-refractivity contribution in [1.29, 1.82) is 0 Å². The zero-order valence-electron chi connectivity index (χ0n) is 11.0. The van der Waals surface area contributed by atoms with Gasteiger partial charge in [0, 0.05) is 19.3 Å². The molecular formula is C12H22O4. The van der Waals surface area contributed by atoms with Crippen molar-refractivity contribution < 1.29 is 19.1 Å². The van der Waals surface area contributed by atoms with E-state index in [1.54, 1.807) is 0 Å². The third kappa shape index (κ3) is 5.14. The number of carbonyl (C=O) groups excluding carboxylic acids is 2. The van der Waals surface area contributed by atoms with E-state index in [-0.39, 0.29) is 36.0 Å². The van der Waals surface area contributed by atoms with Crippen molar-refractivity contribution in [3.05, 3.63) is 0 Å². The second-order valence-corrected chi connectivity index (χ2v) is 5.04. The third-order valence-corrected chi connectivity index (χ3v) is 2.32. The molecule has 0 bridgehead atoms. The van der Waals surface area contributed by atoms with Crippen LogP contribution in [0.3, 0.4) is 0 Å². The summed E-state index contributed by atoms with van der Waals surface area (Å²) < 4.78 is 10.3. The maximum Gasteiger partial charge on any atom is 0.302 e. The van der Waals surface area contributed by atoms with E-state index < -0.39 is 0 Å². The number of hydrogen-bond donors (Lipinski definition) is 0. The summed E-state index contributed by atoms with van der Waals surface area (Å²) in [6.07, 6.45) is -0.260. The van der Waals surface area contributed by atoms with Gasteiger partial charge in [-0.2, -0.15) is 0 Å². The Morgan fingerprint density at radius 3 is 1.94 bits per heavy atom. The Morgan fingerprint density at radius 1 is 1.12 bits per heavy atom. The van der Waals surface area contributed by atoms with E-state index in [1.807, 2.05) is 27.7 Å². The number of ether oxygens (including phenoxy) is 2. The largest absolute Gasteiger partial charge is 0.465 e. The molecule has 1 atom stereocenters. The predicted octanol–water partition coefficient (Wildman–Crippen LogP) is 2.16. The van der Waals surface area contributed by atoms with Crippen LogP contribution in [0, 0.1) is 11.3 Å². The van der Waals surface area contributed by atoms with Crippen LogP contribution in [-0.4, -0.2) is 24.6 Å². The molecule has 0 radical (unpaired) electrons. The standard InChI is InChI=1S/C12H22O4/c1-8(2)11(16-10(4)14)12(5,6)7-15-9(3)13/h8,11H,7H2,1-6H3. The predicted molar refractivity (Wildman–Crippen MR) is 60.8 cm³/mol. The van der Waals surface area contributed by atoms with E-state index in [9.17, 15) is 9.59 Å². The van der Waals surface area contributed by atoms with Crippen LogP contribution in [0.1, 0.15) is 41.5 Å². The van der Waals surface area contributed by atoms with Crippen molar-refractivity contribution in [1.82, 2.24) is 0 Å². The smallest absolute Gasteiger partial charge is 0.302 e. The lowest BCUT2D eigenvalue weighted by Gasteiger charge is -2.35. The van der Waals surface area contributed by atoms with Gasteiger partial charge in [-0.05, 0) is 5.92 Å². The summed E-state index contributed by atoms with van der Waals surface area (Å²) in [4.78, 5) is 21.8. The van der Waals surface area contributed by atoms with E-state index in [2.05, 4.69) is 0 Å². The molecule has 0 aliphatic rings. The fourth-order valence-corrected chi connectivity index (χ4v) is 1.75. The average molecular weight is 230 g/mol. The number of esters is 2. The molecule has 16 heavy (non-hydrogen) atoms. The third-order valence-electron chi connectivity index (χ3n) is 2.32. The molecule has 94 valence electrons. The molecule has 1 unspecified atom stereocenters. The molecular weight excluding hydrogens is 208 g/mol. The Balaban J connectivity index is 4.61. The molecule has 0 fully saturated rings. The molecule has 0 aromatic heterocycles. The minimum absolute atomic E-state index is 0.175. The van der Waals surface area contributed by atoms with Crippen molar-refractivity contribution in [3.63, 3.8) is 0 Å². The maximum atomic E-state index is 11.0. The van der Waals surface area contributed by atoms with Crippen molar-refractivity contribution in [2.45, 2.75) is 47.6 Å². The van der Waals surface area contributed by atoms with E-state index in [4.69, 9.17) is 9.47 Å². The first-order valence-corrected chi connectivity index (χ1v) is 5.47. The van der Waals surface area contributed by atoms with Gasteiger partial charge in [0.1, 0.15) is 6.10 Å². The quantitative estimate of drug-likeness (QED) is 0.679. The monoisotopic (exact) mass is 230 g/mol. The molecule has 0 N–H and O–H groups in total. The van der Waals surface area contributed by atoms with E-state index in [0.29, 0.717) is 0 Å². The molecule has 0 rings (SSSR count). The molecule has 0 spiro atoms. The second-order valence-electron chi connectivity index (χ2n) is 5.04. The first kappa shape index (κ1) is 14.9. The van der Waals surface area contributed by atoms with Gasteiger partial charge < -0.3 is 9.47 Å². The Kier molecular flexibility index (Phi) is 5.48. The van der Waals surface area contributed by atoms with Gasteiger partial charge in [-0.25, -0.2) is 0 Å². The Morgan fingerprint density at radius 2 is 1.62 bits per heavy atom. The minimum Gasteiger partial charge on any atom is -0.465 e. The first-order valence-electron chi connectivity index (χ1n) is 5.47. The summed E-state index contributed by atoms with van der Waals surface area (Å²) in [5, 5.41) is 0. The van der Waals surface area contributed by atoms with Crippen LogP contribution in [0.15, 0.2) is 0 Å². The molecule has 0 aliphatic heterocycles. The Hall–Kier alpha value is -1.06. The number of rotatable bonds is 5. The van der Waals surface area contributed by atoms with Crippen LogP contribution in [0.25, 0.3) is 0 Å². The van der Waals surface area contributed by atoms with Crippen molar-refractivity contribution >= 4 is 11.9 Å². The SMILES string of the molecule is CC(=O)OCC(C)(C)C(OC(C)=O)C(C)C.